The van der Waals surface area contributed by atoms with Crippen LogP contribution in [-0.2, 0) is 12.8 Å². The van der Waals surface area contributed by atoms with Gasteiger partial charge in [-0.2, -0.15) is 0 Å². The average Bonchev–Trinajstić information content (AvgIpc) is 2.84. The molecule has 3 aromatic carbocycles. The first-order valence-corrected chi connectivity index (χ1v) is 13.1. The van der Waals surface area contributed by atoms with Crippen LogP contribution in [-0.4, -0.2) is 20.4 Å². The third kappa shape index (κ3) is 6.94. The number of aromatic hydroxyl groups is 4. The molecule has 188 valence electrons. The summed E-state index contributed by atoms with van der Waals surface area (Å²) in [6, 6.07) is 16.4. The van der Waals surface area contributed by atoms with Crippen molar-refractivity contribution in [3.63, 3.8) is 0 Å². The summed E-state index contributed by atoms with van der Waals surface area (Å²) in [7, 11) is 0. The smallest absolute Gasteiger partial charge is 0.123 e. The topological polar surface area (TPSA) is 80.9 Å². The Morgan fingerprint density at radius 3 is 1.43 bits per heavy atom. The maximum absolute atomic E-state index is 10.9. The molecule has 0 heterocycles. The van der Waals surface area contributed by atoms with E-state index in [9.17, 15) is 20.4 Å². The number of unbranched alkanes of at least 4 members (excludes halogenated alkanes) is 6. The number of phenolic OH excluding ortho intramolecular Hbond substituents is 4. The van der Waals surface area contributed by atoms with E-state index in [0.717, 1.165) is 80.9 Å². The summed E-state index contributed by atoms with van der Waals surface area (Å²) in [5, 5.41) is 42.9. The fourth-order valence-corrected chi connectivity index (χ4v) is 4.80. The summed E-state index contributed by atoms with van der Waals surface area (Å²) in [4.78, 5) is 0. The van der Waals surface area contributed by atoms with Crippen LogP contribution in [0.25, 0.3) is 0 Å². The molecule has 0 aliphatic heterocycles. The lowest BCUT2D eigenvalue weighted by atomic mass is 9.82. The van der Waals surface area contributed by atoms with Crippen LogP contribution in [0.5, 0.6) is 23.0 Å². The van der Waals surface area contributed by atoms with E-state index >= 15 is 0 Å². The lowest BCUT2D eigenvalue weighted by Crippen LogP contribution is -2.06. The van der Waals surface area contributed by atoms with Crippen molar-refractivity contribution in [1.82, 2.24) is 0 Å². The second-order valence-electron chi connectivity index (χ2n) is 9.54. The van der Waals surface area contributed by atoms with E-state index in [2.05, 4.69) is 13.8 Å². The number of hydrogen-bond donors (Lipinski definition) is 4. The predicted molar refractivity (Wildman–Crippen MR) is 143 cm³/mol. The highest BCUT2D eigenvalue weighted by atomic mass is 16.3. The van der Waals surface area contributed by atoms with Crippen LogP contribution in [0.15, 0.2) is 54.6 Å². The molecule has 0 saturated heterocycles. The van der Waals surface area contributed by atoms with Crippen LogP contribution >= 0.6 is 0 Å². The molecule has 0 unspecified atom stereocenters. The standard InChI is InChI=1S/C31H40O4/c1-3-5-7-10-16-23-18-25(29(34)20-27(23)32)31(22-14-12-9-13-15-22)26-19-24(17-11-8-6-4-2)28(33)21-30(26)35/h9,12-15,18-21,31-35H,3-8,10-11,16-17H2,1-2H3. The molecule has 0 aliphatic carbocycles. The maximum Gasteiger partial charge on any atom is 0.123 e. The van der Waals surface area contributed by atoms with E-state index in [-0.39, 0.29) is 23.0 Å². The zero-order chi connectivity index (χ0) is 25.2. The summed E-state index contributed by atoms with van der Waals surface area (Å²) in [5.74, 6) is -0.264. The average molecular weight is 477 g/mol. The quantitative estimate of drug-likeness (QED) is 0.149. The molecule has 4 nitrogen and oxygen atoms in total. The fraction of sp³-hybridized carbons (Fsp3) is 0.419. The van der Waals surface area contributed by atoms with E-state index in [1.807, 2.05) is 42.5 Å². The minimum absolute atomic E-state index is 0.00867. The molecule has 0 fully saturated rings. The molecule has 0 saturated carbocycles. The van der Waals surface area contributed by atoms with Gasteiger partial charge in [0.1, 0.15) is 23.0 Å². The fourth-order valence-electron chi connectivity index (χ4n) is 4.80. The molecule has 0 bridgehead atoms. The summed E-state index contributed by atoms with van der Waals surface area (Å²) in [6.45, 7) is 4.34. The summed E-state index contributed by atoms with van der Waals surface area (Å²) >= 11 is 0. The van der Waals surface area contributed by atoms with Gasteiger partial charge in [-0.25, -0.2) is 0 Å². The zero-order valence-electron chi connectivity index (χ0n) is 21.1. The van der Waals surface area contributed by atoms with E-state index in [1.54, 1.807) is 0 Å². The van der Waals surface area contributed by atoms with Crippen molar-refractivity contribution in [1.29, 1.82) is 0 Å². The first-order chi connectivity index (χ1) is 17.0. The molecular formula is C31H40O4. The highest BCUT2D eigenvalue weighted by Gasteiger charge is 2.25. The van der Waals surface area contributed by atoms with Gasteiger partial charge in [-0.1, -0.05) is 82.7 Å². The third-order valence-corrected chi connectivity index (χ3v) is 6.81. The van der Waals surface area contributed by atoms with Crippen LogP contribution < -0.4 is 0 Å². The Bertz CT molecular complexity index is 1010. The molecule has 3 aromatic rings. The van der Waals surface area contributed by atoms with Crippen molar-refractivity contribution < 1.29 is 20.4 Å². The first-order valence-electron chi connectivity index (χ1n) is 13.1. The van der Waals surface area contributed by atoms with Crippen molar-refractivity contribution >= 4 is 0 Å². The van der Waals surface area contributed by atoms with Crippen LogP contribution in [0.2, 0.25) is 0 Å². The van der Waals surface area contributed by atoms with Crippen molar-refractivity contribution in [2.45, 2.75) is 84.0 Å². The lowest BCUT2D eigenvalue weighted by Gasteiger charge is -2.23. The Hall–Kier alpha value is -3.14. The minimum atomic E-state index is -0.443. The molecule has 4 N–H and O–H groups in total. The molecule has 0 aromatic heterocycles. The van der Waals surface area contributed by atoms with Crippen molar-refractivity contribution in [3.8, 4) is 23.0 Å². The molecule has 3 rings (SSSR count). The van der Waals surface area contributed by atoms with E-state index < -0.39 is 5.92 Å². The number of phenols is 4. The van der Waals surface area contributed by atoms with Crippen LogP contribution in [0.4, 0.5) is 0 Å². The van der Waals surface area contributed by atoms with Gasteiger partial charge in [0.2, 0.25) is 0 Å². The van der Waals surface area contributed by atoms with Gasteiger partial charge in [0.25, 0.3) is 0 Å². The summed E-state index contributed by atoms with van der Waals surface area (Å²) < 4.78 is 0. The monoisotopic (exact) mass is 476 g/mol. The molecule has 0 radical (unpaired) electrons. The number of aryl methyl sites for hydroxylation is 2. The Labute approximate surface area is 209 Å². The SMILES string of the molecule is CCCCCCc1cc(C(c2ccccc2)c2cc(CCCCCC)c(O)cc2O)c(O)cc1O. The number of hydrogen-bond acceptors (Lipinski definition) is 4. The molecule has 4 heteroatoms. The van der Waals surface area contributed by atoms with Crippen LogP contribution in [0, 0.1) is 0 Å². The Balaban J connectivity index is 2.06. The molecular weight excluding hydrogens is 436 g/mol. The maximum atomic E-state index is 10.9. The lowest BCUT2D eigenvalue weighted by molar-refractivity contribution is 0.435. The van der Waals surface area contributed by atoms with Crippen molar-refractivity contribution in [2.75, 3.05) is 0 Å². The number of benzene rings is 3. The predicted octanol–water partition coefficient (Wildman–Crippen LogP) is 7.93. The van der Waals surface area contributed by atoms with E-state index in [0.29, 0.717) is 11.1 Å². The molecule has 0 aliphatic rings. The number of rotatable bonds is 13. The van der Waals surface area contributed by atoms with Crippen LogP contribution in [0.3, 0.4) is 0 Å². The van der Waals surface area contributed by atoms with Gasteiger partial charge in [0.15, 0.2) is 0 Å². The Morgan fingerprint density at radius 2 is 1.00 bits per heavy atom. The highest BCUT2D eigenvalue weighted by molar-refractivity contribution is 5.58. The second-order valence-corrected chi connectivity index (χ2v) is 9.54. The zero-order valence-corrected chi connectivity index (χ0v) is 21.1. The van der Waals surface area contributed by atoms with Gasteiger partial charge in [-0.15, -0.1) is 0 Å². The van der Waals surface area contributed by atoms with Crippen LogP contribution in [0.1, 0.15) is 98.9 Å². The molecule has 0 spiro atoms. The largest absolute Gasteiger partial charge is 0.508 e. The van der Waals surface area contributed by atoms with E-state index in [4.69, 9.17) is 0 Å². The van der Waals surface area contributed by atoms with Gasteiger partial charge in [0, 0.05) is 29.2 Å². The molecule has 0 amide bonds. The van der Waals surface area contributed by atoms with Gasteiger partial charge in [-0.05, 0) is 54.5 Å². The van der Waals surface area contributed by atoms with Crippen molar-refractivity contribution in [2.24, 2.45) is 0 Å². The highest BCUT2D eigenvalue weighted by Crippen LogP contribution is 2.44. The first kappa shape index (κ1) is 26.5. The second kappa shape index (κ2) is 13.1. The Kier molecular flexibility index (Phi) is 9.89. The van der Waals surface area contributed by atoms with Gasteiger partial charge in [-0.3, -0.25) is 0 Å². The molecule has 0 atom stereocenters. The minimum Gasteiger partial charge on any atom is -0.508 e. The van der Waals surface area contributed by atoms with Gasteiger partial charge >= 0.3 is 0 Å². The van der Waals surface area contributed by atoms with E-state index in [1.165, 1.54) is 12.1 Å². The summed E-state index contributed by atoms with van der Waals surface area (Å²) in [6.07, 6.45) is 10.2. The normalized spacial score (nSPS) is 11.3. The van der Waals surface area contributed by atoms with Crippen molar-refractivity contribution in [3.05, 3.63) is 82.4 Å². The van der Waals surface area contributed by atoms with Gasteiger partial charge in [0.05, 0.1) is 0 Å². The third-order valence-electron chi connectivity index (χ3n) is 6.81. The summed E-state index contributed by atoms with van der Waals surface area (Å²) in [5.41, 5.74) is 3.79. The van der Waals surface area contributed by atoms with Gasteiger partial charge < -0.3 is 20.4 Å². The Morgan fingerprint density at radius 1 is 0.543 bits per heavy atom. The molecule has 35 heavy (non-hydrogen) atoms.